The molecule has 1 aromatic heterocycles. The number of aliphatic carboxylic acids is 1. The SMILES string of the molecule is Cc1cc(C(=O)CCC(=O)N2CCC[C@H]2C(=O)O)c(C)s1. The van der Waals surface area contributed by atoms with Crippen LogP contribution in [0.3, 0.4) is 0 Å². The number of amides is 1. The van der Waals surface area contributed by atoms with Crippen LogP contribution in [0, 0.1) is 13.8 Å². The molecular weight excluding hydrogens is 290 g/mol. The van der Waals surface area contributed by atoms with Crippen LogP contribution in [-0.2, 0) is 9.59 Å². The molecule has 6 heteroatoms. The highest BCUT2D eigenvalue weighted by molar-refractivity contribution is 7.12. The van der Waals surface area contributed by atoms with Crippen LogP contribution in [0.2, 0.25) is 0 Å². The van der Waals surface area contributed by atoms with Crippen molar-refractivity contribution in [3.63, 3.8) is 0 Å². The van der Waals surface area contributed by atoms with Gasteiger partial charge in [-0.2, -0.15) is 0 Å². The van der Waals surface area contributed by atoms with Gasteiger partial charge in [0.05, 0.1) is 0 Å². The van der Waals surface area contributed by atoms with E-state index in [1.807, 2.05) is 19.9 Å². The van der Waals surface area contributed by atoms with Gasteiger partial charge in [-0.25, -0.2) is 4.79 Å². The molecule has 0 radical (unpaired) electrons. The molecule has 21 heavy (non-hydrogen) atoms. The van der Waals surface area contributed by atoms with Crippen LogP contribution in [0.1, 0.15) is 45.8 Å². The lowest BCUT2D eigenvalue weighted by atomic mass is 10.1. The fourth-order valence-electron chi connectivity index (χ4n) is 2.73. The number of carbonyl (C=O) groups excluding carboxylic acids is 2. The van der Waals surface area contributed by atoms with Crippen LogP contribution in [0.25, 0.3) is 0 Å². The third-order valence-electron chi connectivity index (χ3n) is 3.77. The standard InChI is InChI=1S/C15H19NO4S/c1-9-8-11(10(2)21-9)13(17)5-6-14(18)16-7-3-4-12(16)15(19)20/h8,12H,3-7H2,1-2H3,(H,19,20)/t12-/m0/s1. The van der Waals surface area contributed by atoms with E-state index in [9.17, 15) is 14.4 Å². The molecule has 2 heterocycles. The summed E-state index contributed by atoms with van der Waals surface area (Å²) in [4.78, 5) is 38.7. The molecular formula is C15H19NO4S. The van der Waals surface area contributed by atoms with E-state index in [1.54, 1.807) is 11.3 Å². The quantitative estimate of drug-likeness (QED) is 0.848. The van der Waals surface area contributed by atoms with Gasteiger partial charge in [0.15, 0.2) is 5.78 Å². The predicted octanol–water partition coefficient (Wildman–Crippen LogP) is 2.40. The number of ketones is 1. The maximum absolute atomic E-state index is 12.1. The first-order chi connectivity index (χ1) is 9.90. The Balaban J connectivity index is 1.93. The van der Waals surface area contributed by atoms with Crippen LogP contribution in [0.4, 0.5) is 0 Å². The molecule has 0 spiro atoms. The number of carboxylic acids is 1. The average molecular weight is 309 g/mol. The van der Waals surface area contributed by atoms with E-state index in [0.29, 0.717) is 24.9 Å². The lowest BCUT2D eigenvalue weighted by Crippen LogP contribution is -2.40. The zero-order valence-corrected chi connectivity index (χ0v) is 13.0. The first kappa shape index (κ1) is 15.7. The minimum absolute atomic E-state index is 0.0451. The molecule has 1 amide bonds. The third-order valence-corrected chi connectivity index (χ3v) is 4.73. The first-order valence-electron chi connectivity index (χ1n) is 7.02. The van der Waals surface area contributed by atoms with Crippen LogP contribution >= 0.6 is 11.3 Å². The van der Waals surface area contributed by atoms with Crippen molar-refractivity contribution in [2.45, 2.75) is 45.6 Å². The van der Waals surface area contributed by atoms with Gasteiger partial charge < -0.3 is 10.0 Å². The molecule has 0 unspecified atom stereocenters. The number of hydrogen-bond donors (Lipinski definition) is 1. The van der Waals surface area contributed by atoms with Gasteiger partial charge in [-0.15, -0.1) is 11.3 Å². The number of carboxylic acid groups (broad SMARTS) is 1. The minimum Gasteiger partial charge on any atom is -0.480 e. The summed E-state index contributed by atoms with van der Waals surface area (Å²) >= 11 is 1.57. The van der Waals surface area contributed by atoms with Crippen molar-refractivity contribution in [3.8, 4) is 0 Å². The molecule has 1 aliphatic rings. The Kier molecular flexibility index (Phi) is 4.77. The lowest BCUT2D eigenvalue weighted by molar-refractivity contribution is -0.148. The summed E-state index contributed by atoms with van der Waals surface area (Å²) in [6.07, 6.45) is 1.42. The Morgan fingerprint density at radius 2 is 2.05 bits per heavy atom. The van der Waals surface area contributed by atoms with E-state index < -0.39 is 12.0 Å². The smallest absolute Gasteiger partial charge is 0.326 e. The average Bonchev–Trinajstić information content (AvgIpc) is 3.02. The molecule has 0 saturated carbocycles. The van der Waals surface area contributed by atoms with E-state index in [4.69, 9.17) is 5.11 Å². The largest absolute Gasteiger partial charge is 0.480 e. The number of carbonyl (C=O) groups is 3. The van der Waals surface area contributed by atoms with E-state index in [0.717, 1.165) is 9.75 Å². The maximum atomic E-state index is 12.1. The van der Waals surface area contributed by atoms with Gasteiger partial charge in [-0.1, -0.05) is 0 Å². The molecule has 2 rings (SSSR count). The number of hydrogen-bond acceptors (Lipinski definition) is 4. The van der Waals surface area contributed by atoms with Crippen molar-refractivity contribution < 1.29 is 19.5 Å². The fraction of sp³-hybridized carbons (Fsp3) is 0.533. The summed E-state index contributed by atoms with van der Waals surface area (Å²) in [5, 5.41) is 9.07. The summed E-state index contributed by atoms with van der Waals surface area (Å²) in [5.74, 6) is -1.24. The Labute approximate surface area is 127 Å². The van der Waals surface area contributed by atoms with Crippen molar-refractivity contribution in [1.82, 2.24) is 4.90 Å². The highest BCUT2D eigenvalue weighted by Gasteiger charge is 2.33. The summed E-state index contributed by atoms with van der Waals surface area (Å²) in [6.45, 7) is 4.31. The Morgan fingerprint density at radius 1 is 1.33 bits per heavy atom. The van der Waals surface area contributed by atoms with Gasteiger partial charge in [-0.3, -0.25) is 9.59 Å². The minimum atomic E-state index is -0.962. The highest BCUT2D eigenvalue weighted by Crippen LogP contribution is 2.23. The Hall–Kier alpha value is -1.69. The van der Waals surface area contributed by atoms with Gasteiger partial charge in [0.1, 0.15) is 6.04 Å². The molecule has 114 valence electrons. The van der Waals surface area contributed by atoms with Crippen LogP contribution in [0.5, 0.6) is 0 Å². The van der Waals surface area contributed by atoms with Gasteiger partial charge in [0, 0.05) is 34.7 Å². The van der Waals surface area contributed by atoms with Crippen molar-refractivity contribution in [1.29, 1.82) is 0 Å². The zero-order chi connectivity index (χ0) is 15.6. The Bertz CT molecular complexity index is 578. The summed E-state index contributed by atoms with van der Waals surface area (Å²) in [7, 11) is 0. The number of rotatable bonds is 5. The maximum Gasteiger partial charge on any atom is 0.326 e. The number of Topliss-reactive ketones (excluding diaryl/α,β-unsaturated/α-hetero) is 1. The molecule has 1 N–H and O–H groups in total. The Morgan fingerprint density at radius 3 is 2.62 bits per heavy atom. The number of likely N-dealkylation sites (tertiary alicyclic amines) is 1. The summed E-state index contributed by atoms with van der Waals surface area (Å²) < 4.78 is 0. The molecule has 0 aromatic carbocycles. The van der Waals surface area contributed by atoms with Crippen LogP contribution in [0.15, 0.2) is 6.07 Å². The molecule has 1 aromatic rings. The zero-order valence-electron chi connectivity index (χ0n) is 12.2. The van der Waals surface area contributed by atoms with Gasteiger partial charge in [0.25, 0.3) is 0 Å². The van der Waals surface area contributed by atoms with Crippen LogP contribution in [-0.4, -0.2) is 40.3 Å². The summed E-state index contributed by atoms with van der Waals surface area (Å²) in [6, 6.07) is 1.13. The fourth-order valence-corrected chi connectivity index (χ4v) is 3.67. The molecule has 1 atom stereocenters. The topological polar surface area (TPSA) is 74.7 Å². The van der Waals surface area contributed by atoms with Gasteiger partial charge in [0.2, 0.25) is 5.91 Å². The van der Waals surface area contributed by atoms with Gasteiger partial charge >= 0.3 is 5.97 Å². The predicted molar refractivity (Wildman–Crippen MR) is 79.7 cm³/mol. The van der Waals surface area contributed by atoms with Crippen molar-refractivity contribution >= 4 is 29.0 Å². The van der Waals surface area contributed by atoms with E-state index >= 15 is 0 Å². The third kappa shape index (κ3) is 3.50. The molecule has 1 fully saturated rings. The van der Waals surface area contributed by atoms with Crippen molar-refractivity contribution in [2.75, 3.05) is 6.54 Å². The van der Waals surface area contributed by atoms with E-state index in [-0.39, 0.29) is 24.5 Å². The van der Waals surface area contributed by atoms with E-state index in [2.05, 4.69) is 0 Å². The molecule has 5 nitrogen and oxygen atoms in total. The van der Waals surface area contributed by atoms with Crippen LogP contribution < -0.4 is 0 Å². The van der Waals surface area contributed by atoms with Crippen molar-refractivity contribution in [3.05, 3.63) is 21.4 Å². The van der Waals surface area contributed by atoms with E-state index in [1.165, 1.54) is 4.90 Å². The van der Waals surface area contributed by atoms with Crippen molar-refractivity contribution in [2.24, 2.45) is 0 Å². The normalized spacial score (nSPS) is 18.0. The highest BCUT2D eigenvalue weighted by atomic mass is 32.1. The second-order valence-electron chi connectivity index (χ2n) is 5.33. The molecule has 1 saturated heterocycles. The number of aryl methyl sites for hydroxylation is 2. The molecule has 1 aliphatic heterocycles. The monoisotopic (exact) mass is 309 g/mol. The molecule has 0 aliphatic carbocycles. The first-order valence-corrected chi connectivity index (χ1v) is 7.84. The number of nitrogens with zero attached hydrogens (tertiary/aromatic N) is 1. The molecule has 0 bridgehead atoms. The second kappa shape index (κ2) is 6.39. The summed E-state index contributed by atoms with van der Waals surface area (Å²) in [5.41, 5.74) is 0.682. The second-order valence-corrected chi connectivity index (χ2v) is 6.79. The number of thiophene rings is 1. The van der Waals surface area contributed by atoms with Gasteiger partial charge in [-0.05, 0) is 32.8 Å². The lowest BCUT2D eigenvalue weighted by Gasteiger charge is -2.21.